The fraction of sp³-hybridized carbons (Fsp3) is 0.333. The van der Waals surface area contributed by atoms with Crippen LogP contribution in [0, 0.1) is 5.82 Å². The van der Waals surface area contributed by atoms with Gasteiger partial charge in [-0.05, 0) is 47.0 Å². The molecule has 21 heavy (non-hydrogen) atoms. The molecule has 1 aromatic carbocycles. The van der Waals surface area contributed by atoms with Gasteiger partial charge < -0.3 is 5.73 Å². The minimum atomic E-state index is -0.457. The first kappa shape index (κ1) is 14.7. The molecule has 110 valence electrons. The summed E-state index contributed by atoms with van der Waals surface area (Å²) in [7, 11) is 0. The number of hydrogen-bond donors (Lipinski definition) is 1. The zero-order chi connectivity index (χ0) is 15.0. The smallest absolute Gasteiger partial charge is 0.161 e. The molecule has 0 bridgehead atoms. The van der Waals surface area contributed by atoms with Gasteiger partial charge in [-0.3, -0.25) is 0 Å². The van der Waals surface area contributed by atoms with Crippen molar-refractivity contribution in [2.24, 2.45) is 0 Å². The average molecular weight is 371 g/mol. The highest BCUT2D eigenvalue weighted by Crippen LogP contribution is 2.39. The summed E-state index contributed by atoms with van der Waals surface area (Å²) >= 11 is 9.32. The Labute approximate surface area is 135 Å². The van der Waals surface area contributed by atoms with Crippen LogP contribution in [0.3, 0.4) is 0 Å². The van der Waals surface area contributed by atoms with Crippen molar-refractivity contribution in [1.82, 2.24) is 9.97 Å². The molecule has 1 saturated carbocycles. The number of nitrogen functional groups attached to an aromatic ring is 1. The largest absolute Gasteiger partial charge is 0.383 e. The Kier molecular flexibility index (Phi) is 4.13. The molecule has 3 rings (SSSR count). The monoisotopic (exact) mass is 369 g/mol. The van der Waals surface area contributed by atoms with Crippen molar-refractivity contribution in [3.63, 3.8) is 0 Å². The van der Waals surface area contributed by atoms with Crippen LogP contribution in [0.4, 0.5) is 10.2 Å². The van der Waals surface area contributed by atoms with E-state index in [1.165, 1.54) is 25.0 Å². The first-order valence-corrected chi connectivity index (χ1v) is 8.01. The van der Waals surface area contributed by atoms with Gasteiger partial charge in [0.1, 0.15) is 11.6 Å². The highest BCUT2D eigenvalue weighted by molar-refractivity contribution is 9.10. The topological polar surface area (TPSA) is 51.8 Å². The van der Waals surface area contributed by atoms with Crippen molar-refractivity contribution in [3.8, 4) is 11.4 Å². The first-order valence-electron chi connectivity index (χ1n) is 6.84. The maximum Gasteiger partial charge on any atom is 0.161 e. The minimum Gasteiger partial charge on any atom is -0.383 e. The van der Waals surface area contributed by atoms with E-state index in [-0.39, 0.29) is 5.02 Å². The summed E-state index contributed by atoms with van der Waals surface area (Å²) in [5.74, 6) is 0.836. The molecule has 0 unspecified atom stereocenters. The predicted octanol–water partition coefficient (Wildman–Crippen LogP) is 4.94. The van der Waals surface area contributed by atoms with Crippen LogP contribution in [0.25, 0.3) is 11.4 Å². The molecule has 0 spiro atoms. The van der Waals surface area contributed by atoms with E-state index < -0.39 is 5.82 Å². The van der Waals surface area contributed by atoms with Gasteiger partial charge in [-0.15, -0.1) is 0 Å². The predicted molar refractivity (Wildman–Crippen MR) is 85.8 cm³/mol. The van der Waals surface area contributed by atoms with Crippen LogP contribution in [0.15, 0.2) is 22.7 Å². The molecular weight excluding hydrogens is 357 g/mol. The maximum atomic E-state index is 13.3. The fourth-order valence-electron chi connectivity index (χ4n) is 2.72. The Morgan fingerprint density at radius 1 is 1.24 bits per heavy atom. The summed E-state index contributed by atoms with van der Waals surface area (Å²) in [6.07, 6.45) is 4.63. The van der Waals surface area contributed by atoms with Crippen molar-refractivity contribution < 1.29 is 4.39 Å². The van der Waals surface area contributed by atoms with E-state index in [4.69, 9.17) is 17.3 Å². The van der Waals surface area contributed by atoms with Crippen molar-refractivity contribution in [2.75, 3.05) is 5.73 Å². The van der Waals surface area contributed by atoms with Crippen LogP contribution in [-0.2, 0) is 0 Å². The number of aromatic nitrogens is 2. The molecule has 1 heterocycles. The van der Waals surface area contributed by atoms with Crippen LogP contribution >= 0.6 is 27.5 Å². The zero-order valence-corrected chi connectivity index (χ0v) is 13.6. The molecule has 3 nitrogen and oxygen atoms in total. The number of anilines is 1. The fourth-order valence-corrected chi connectivity index (χ4v) is 3.40. The van der Waals surface area contributed by atoms with Gasteiger partial charge in [0.05, 0.1) is 15.2 Å². The van der Waals surface area contributed by atoms with Gasteiger partial charge >= 0.3 is 0 Å². The van der Waals surface area contributed by atoms with Crippen LogP contribution in [0.2, 0.25) is 5.02 Å². The van der Waals surface area contributed by atoms with E-state index in [1.807, 2.05) is 0 Å². The molecule has 0 saturated heterocycles. The van der Waals surface area contributed by atoms with Gasteiger partial charge in [0, 0.05) is 11.5 Å². The van der Waals surface area contributed by atoms with E-state index in [0.717, 1.165) is 23.0 Å². The molecule has 1 aliphatic rings. The highest BCUT2D eigenvalue weighted by atomic mass is 79.9. The van der Waals surface area contributed by atoms with E-state index in [0.29, 0.717) is 23.1 Å². The van der Waals surface area contributed by atoms with Crippen LogP contribution in [0.1, 0.15) is 37.3 Å². The molecule has 6 heteroatoms. The Morgan fingerprint density at radius 2 is 1.95 bits per heavy atom. The van der Waals surface area contributed by atoms with Gasteiger partial charge in [0.2, 0.25) is 0 Å². The lowest BCUT2D eigenvalue weighted by Gasteiger charge is -2.14. The van der Waals surface area contributed by atoms with Gasteiger partial charge in [0.15, 0.2) is 5.82 Å². The number of halogens is 3. The van der Waals surface area contributed by atoms with Crippen molar-refractivity contribution in [2.45, 2.75) is 31.6 Å². The number of hydrogen-bond acceptors (Lipinski definition) is 3. The van der Waals surface area contributed by atoms with Crippen LogP contribution in [0.5, 0.6) is 0 Å². The van der Waals surface area contributed by atoms with E-state index in [2.05, 4.69) is 25.9 Å². The van der Waals surface area contributed by atoms with Crippen molar-refractivity contribution in [1.29, 1.82) is 0 Å². The SMILES string of the molecule is Nc1nc(-c2ccc(F)c(Cl)c2)nc(C2CCCC2)c1Br. The lowest BCUT2D eigenvalue weighted by atomic mass is 10.0. The van der Waals surface area contributed by atoms with Gasteiger partial charge in [0.25, 0.3) is 0 Å². The third-order valence-corrected chi connectivity index (χ3v) is 4.92. The molecule has 0 radical (unpaired) electrons. The Morgan fingerprint density at radius 3 is 2.62 bits per heavy atom. The molecular formula is C15H14BrClFN3. The highest BCUT2D eigenvalue weighted by Gasteiger charge is 2.23. The molecule has 0 aliphatic heterocycles. The van der Waals surface area contributed by atoms with Crippen LogP contribution in [-0.4, -0.2) is 9.97 Å². The van der Waals surface area contributed by atoms with Crippen LogP contribution < -0.4 is 5.73 Å². The van der Waals surface area contributed by atoms with Crippen molar-refractivity contribution in [3.05, 3.63) is 39.2 Å². The summed E-state index contributed by atoms with van der Waals surface area (Å²) in [6.45, 7) is 0. The normalized spacial score (nSPS) is 15.6. The maximum absolute atomic E-state index is 13.3. The Bertz CT molecular complexity index is 687. The Hall–Kier alpha value is -1.20. The number of rotatable bonds is 2. The molecule has 1 fully saturated rings. The first-order chi connectivity index (χ1) is 10.1. The third kappa shape index (κ3) is 2.90. The van der Waals surface area contributed by atoms with Gasteiger partial charge in [-0.2, -0.15) is 0 Å². The second kappa shape index (κ2) is 5.89. The minimum absolute atomic E-state index is 0.0556. The second-order valence-electron chi connectivity index (χ2n) is 5.24. The van der Waals surface area contributed by atoms with Gasteiger partial charge in [-0.25, -0.2) is 14.4 Å². The zero-order valence-electron chi connectivity index (χ0n) is 11.2. The summed E-state index contributed by atoms with van der Waals surface area (Å²) < 4.78 is 14.0. The third-order valence-electron chi connectivity index (χ3n) is 3.82. The molecule has 1 aliphatic carbocycles. The van der Waals surface area contributed by atoms with E-state index >= 15 is 0 Å². The molecule has 0 amide bonds. The summed E-state index contributed by atoms with van der Waals surface area (Å²) in [4.78, 5) is 8.92. The van der Waals surface area contributed by atoms with Gasteiger partial charge in [-0.1, -0.05) is 24.4 Å². The van der Waals surface area contributed by atoms with E-state index in [1.54, 1.807) is 6.07 Å². The Balaban J connectivity index is 2.08. The lowest BCUT2D eigenvalue weighted by molar-refractivity contribution is 0.628. The second-order valence-corrected chi connectivity index (χ2v) is 6.44. The summed E-state index contributed by atoms with van der Waals surface area (Å²) in [5, 5.41) is 0.0556. The lowest BCUT2D eigenvalue weighted by Crippen LogP contribution is -2.06. The summed E-state index contributed by atoms with van der Waals surface area (Å²) in [5.41, 5.74) is 7.60. The number of nitrogens with two attached hydrogens (primary N) is 1. The van der Waals surface area contributed by atoms with E-state index in [9.17, 15) is 4.39 Å². The summed E-state index contributed by atoms with van der Waals surface area (Å²) in [6, 6.07) is 4.45. The van der Waals surface area contributed by atoms with Crippen molar-refractivity contribution >= 4 is 33.3 Å². The number of benzene rings is 1. The number of nitrogens with zero attached hydrogens (tertiary/aromatic N) is 2. The molecule has 2 N–H and O–H groups in total. The molecule has 0 atom stereocenters. The molecule has 2 aromatic rings. The average Bonchev–Trinajstić information content (AvgIpc) is 2.98. The quantitative estimate of drug-likeness (QED) is 0.814. The molecule has 1 aromatic heterocycles. The standard InChI is InChI=1S/C15H14BrClFN3/c16-12-13(8-3-1-2-4-8)20-15(21-14(12)19)9-5-6-11(18)10(17)7-9/h5-8H,1-4H2,(H2,19,20,21).